The number of amides is 1. The monoisotopic (exact) mass is 392 g/mol. The molecule has 8 nitrogen and oxygen atoms in total. The smallest absolute Gasteiger partial charge is 0.330 e. The van der Waals surface area contributed by atoms with E-state index < -0.39 is 34.5 Å². The van der Waals surface area contributed by atoms with E-state index >= 15 is 0 Å². The minimum Gasteiger partial charge on any atom is -0.467 e. The Hall–Kier alpha value is -2.91. The highest BCUT2D eigenvalue weighted by Gasteiger charge is 2.21. The van der Waals surface area contributed by atoms with Gasteiger partial charge in [0.2, 0.25) is 0 Å². The maximum absolute atomic E-state index is 12.4. The predicted octanol–water partition coefficient (Wildman–Crippen LogP) is 1.06. The van der Waals surface area contributed by atoms with Gasteiger partial charge < -0.3 is 15.2 Å². The molecule has 0 aliphatic rings. The van der Waals surface area contributed by atoms with Crippen LogP contribution in [0.25, 0.3) is 0 Å². The molecule has 9 heteroatoms. The van der Waals surface area contributed by atoms with Crippen LogP contribution >= 0.6 is 0 Å². The van der Waals surface area contributed by atoms with Crippen LogP contribution in [0.2, 0.25) is 0 Å². The molecule has 0 aromatic heterocycles. The minimum atomic E-state index is -3.81. The minimum absolute atomic E-state index is 0.0917. The van der Waals surface area contributed by atoms with E-state index in [0.29, 0.717) is 0 Å². The summed E-state index contributed by atoms with van der Waals surface area (Å²) in [6.45, 7) is 1.22. The number of esters is 1. The van der Waals surface area contributed by atoms with Gasteiger partial charge in [0.25, 0.3) is 15.9 Å². The number of aliphatic hydroxyl groups is 1. The second kappa shape index (κ2) is 8.65. The first-order valence-electron chi connectivity index (χ1n) is 7.96. The lowest BCUT2D eigenvalue weighted by molar-refractivity contribution is -0.143. The second-order valence-corrected chi connectivity index (χ2v) is 7.41. The molecule has 0 spiro atoms. The van der Waals surface area contributed by atoms with E-state index in [1.807, 2.05) is 6.92 Å². The van der Waals surface area contributed by atoms with Crippen molar-refractivity contribution in [2.45, 2.75) is 17.9 Å². The molecular formula is C18H20N2O6S. The highest BCUT2D eigenvalue weighted by Crippen LogP contribution is 2.18. The number of benzene rings is 2. The molecule has 144 valence electrons. The maximum atomic E-state index is 12.4. The van der Waals surface area contributed by atoms with Crippen molar-refractivity contribution in [2.75, 3.05) is 18.4 Å². The van der Waals surface area contributed by atoms with Crippen LogP contribution in [0.3, 0.4) is 0 Å². The Bertz CT molecular complexity index is 925. The highest BCUT2D eigenvalue weighted by molar-refractivity contribution is 7.92. The van der Waals surface area contributed by atoms with Gasteiger partial charge in [-0.1, -0.05) is 23.8 Å². The lowest BCUT2D eigenvalue weighted by atomic mass is 10.2. The molecule has 3 N–H and O–H groups in total. The van der Waals surface area contributed by atoms with Gasteiger partial charge in [-0.3, -0.25) is 9.52 Å². The van der Waals surface area contributed by atoms with Crippen LogP contribution in [0.1, 0.15) is 15.9 Å². The van der Waals surface area contributed by atoms with Crippen molar-refractivity contribution in [3.05, 3.63) is 59.7 Å². The molecule has 0 aliphatic heterocycles. The van der Waals surface area contributed by atoms with Crippen LogP contribution < -0.4 is 10.0 Å². The van der Waals surface area contributed by atoms with E-state index in [9.17, 15) is 18.0 Å². The van der Waals surface area contributed by atoms with Crippen LogP contribution in [0.4, 0.5) is 5.69 Å². The zero-order valence-electron chi connectivity index (χ0n) is 14.8. The Labute approximate surface area is 157 Å². The molecule has 27 heavy (non-hydrogen) atoms. The number of nitrogens with one attached hydrogen (secondary N) is 2. The van der Waals surface area contributed by atoms with Crippen LogP contribution in [-0.4, -0.2) is 45.2 Å². The summed E-state index contributed by atoms with van der Waals surface area (Å²) in [5.74, 6) is -1.45. The van der Waals surface area contributed by atoms with Gasteiger partial charge in [0.15, 0.2) is 6.04 Å². The van der Waals surface area contributed by atoms with Gasteiger partial charge in [-0.15, -0.1) is 0 Å². The number of carbonyl (C=O) groups is 2. The molecule has 0 bridgehead atoms. The first kappa shape index (κ1) is 20.4. The van der Waals surface area contributed by atoms with E-state index in [1.54, 1.807) is 12.1 Å². The summed E-state index contributed by atoms with van der Waals surface area (Å²) in [5, 5.41) is 11.5. The van der Waals surface area contributed by atoms with Gasteiger partial charge in [-0.05, 0) is 37.3 Å². The molecule has 2 aromatic rings. The number of anilines is 1. The molecule has 0 saturated carbocycles. The summed E-state index contributed by atoms with van der Waals surface area (Å²) in [6.07, 6.45) is 0. The molecule has 0 aliphatic carbocycles. The zero-order chi connectivity index (χ0) is 20.0. The summed E-state index contributed by atoms with van der Waals surface area (Å²) < 4.78 is 31.8. The van der Waals surface area contributed by atoms with Crippen LogP contribution in [0.15, 0.2) is 53.4 Å². The number of rotatable bonds is 7. The average Bonchev–Trinajstić information content (AvgIpc) is 2.65. The van der Waals surface area contributed by atoms with Crippen molar-refractivity contribution in [2.24, 2.45) is 0 Å². The number of aliphatic hydroxyl groups excluding tert-OH is 1. The van der Waals surface area contributed by atoms with Gasteiger partial charge in [-0.2, -0.15) is 0 Å². The van der Waals surface area contributed by atoms with Gasteiger partial charge in [-0.25, -0.2) is 13.2 Å². The fourth-order valence-corrected chi connectivity index (χ4v) is 3.27. The molecule has 1 atom stereocenters. The van der Waals surface area contributed by atoms with E-state index in [0.717, 1.165) is 12.7 Å². The van der Waals surface area contributed by atoms with Crippen molar-refractivity contribution < 1.29 is 27.9 Å². The summed E-state index contributed by atoms with van der Waals surface area (Å²) in [6, 6.07) is 10.9. The largest absolute Gasteiger partial charge is 0.467 e. The van der Waals surface area contributed by atoms with Gasteiger partial charge in [0.05, 0.1) is 18.6 Å². The van der Waals surface area contributed by atoms with E-state index in [1.165, 1.54) is 36.4 Å². The Morgan fingerprint density at radius 2 is 1.81 bits per heavy atom. The molecule has 0 radical (unpaired) electrons. The van der Waals surface area contributed by atoms with Crippen molar-refractivity contribution in [3.63, 3.8) is 0 Å². The van der Waals surface area contributed by atoms with E-state index in [-0.39, 0.29) is 16.1 Å². The third-order valence-corrected chi connectivity index (χ3v) is 5.08. The SMILES string of the molecule is COC(=O)[C@@H](CO)NC(=O)c1cccc(NS(=O)(=O)c2ccc(C)cc2)c1. The molecule has 0 fully saturated rings. The zero-order valence-corrected chi connectivity index (χ0v) is 15.6. The van der Waals surface area contributed by atoms with Crippen molar-refractivity contribution in [1.82, 2.24) is 5.32 Å². The summed E-state index contributed by atoms with van der Waals surface area (Å²) in [7, 11) is -2.68. The van der Waals surface area contributed by atoms with Gasteiger partial charge in [0.1, 0.15) is 0 Å². The molecule has 0 heterocycles. The Morgan fingerprint density at radius 1 is 1.15 bits per heavy atom. The summed E-state index contributed by atoms with van der Waals surface area (Å²) >= 11 is 0. The quantitative estimate of drug-likeness (QED) is 0.606. The van der Waals surface area contributed by atoms with Crippen molar-refractivity contribution in [3.8, 4) is 0 Å². The van der Waals surface area contributed by atoms with Crippen molar-refractivity contribution in [1.29, 1.82) is 0 Å². The fourth-order valence-electron chi connectivity index (χ4n) is 2.22. The van der Waals surface area contributed by atoms with E-state index in [2.05, 4.69) is 14.8 Å². The maximum Gasteiger partial charge on any atom is 0.330 e. The summed E-state index contributed by atoms with van der Waals surface area (Å²) in [4.78, 5) is 23.8. The topological polar surface area (TPSA) is 122 Å². The Balaban J connectivity index is 2.18. The normalized spacial score (nSPS) is 12.1. The fraction of sp³-hybridized carbons (Fsp3) is 0.222. The molecule has 0 unspecified atom stereocenters. The van der Waals surface area contributed by atoms with E-state index in [4.69, 9.17) is 5.11 Å². The first-order valence-corrected chi connectivity index (χ1v) is 9.44. The third kappa shape index (κ3) is 5.28. The molecule has 1 amide bonds. The Kier molecular flexibility index (Phi) is 6.54. The lowest BCUT2D eigenvalue weighted by Crippen LogP contribution is -2.44. The van der Waals surface area contributed by atoms with Crippen LogP contribution in [0, 0.1) is 6.92 Å². The van der Waals surface area contributed by atoms with Gasteiger partial charge >= 0.3 is 5.97 Å². The number of hydrogen-bond donors (Lipinski definition) is 3. The number of ether oxygens (including phenoxy) is 1. The molecule has 2 rings (SSSR count). The highest BCUT2D eigenvalue weighted by atomic mass is 32.2. The van der Waals surface area contributed by atoms with Crippen molar-refractivity contribution >= 4 is 27.6 Å². The number of methoxy groups -OCH3 is 1. The number of carbonyl (C=O) groups excluding carboxylic acids is 2. The number of hydrogen-bond acceptors (Lipinski definition) is 6. The first-order chi connectivity index (χ1) is 12.8. The molecule has 0 saturated heterocycles. The summed E-state index contributed by atoms with van der Waals surface area (Å²) in [5.41, 5.74) is 1.22. The molecular weight excluding hydrogens is 372 g/mol. The predicted molar refractivity (Wildman–Crippen MR) is 98.8 cm³/mol. The lowest BCUT2D eigenvalue weighted by Gasteiger charge is -2.14. The Morgan fingerprint density at radius 3 is 2.41 bits per heavy atom. The van der Waals surface area contributed by atoms with Crippen LogP contribution in [-0.2, 0) is 19.6 Å². The molecule has 2 aromatic carbocycles. The third-order valence-electron chi connectivity index (χ3n) is 3.68. The van der Waals surface area contributed by atoms with Crippen LogP contribution in [0.5, 0.6) is 0 Å². The van der Waals surface area contributed by atoms with Gasteiger partial charge in [0, 0.05) is 11.3 Å². The number of aryl methyl sites for hydroxylation is 1. The second-order valence-electron chi connectivity index (χ2n) is 5.73. The number of sulfonamides is 1. The standard InChI is InChI=1S/C18H20N2O6S/c1-12-6-8-15(9-7-12)27(24,25)20-14-5-3-4-13(10-14)17(22)19-16(11-21)18(23)26-2/h3-10,16,20-21H,11H2,1-2H3,(H,19,22)/t16-/m1/s1. The average molecular weight is 392 g/mol.